The van der Waals surface area contributed by atoms with Gasteiger partial charge in [-0.3, -0.25) is 0 Å². The molecule has 0 bridgehead atoms. The Bertz CT molecular complexity index is 1490. The van der Waals surface area contributed by atoms with Gasteiger partial charge in [-0.1, -0.05) is 50.5 Å². The molecule has 0 aliphatic heterocycles. The van der Waals surface area contributed by atoms with Crippen LogP contribution in [0.25, 0.3) is 0 Å². The Morgan fingerprint density at radius 3 is 1.30 bits per heavy atom. The average molecular weight is 617 g/mol. The quantitative estimate of drug-likeness (QED) is 0.193. The van der Waals surface area contributed by atoms with Crippen LogP contribution in [-0.4, -0.2) is 0 Å². The Hall–Kier alpha value is -3.92. The molecular formula is C42H52N2O2. The smallest absolute Gasteiger partial charge is 0.133 e. The molecule has 0 aromatic heterocycles. The Morgan fingerprint density at radius 1 is 0.565 bits per heavy atom. The highest BCUT2D eigenvalue weighted by atomic mass is 16.5. The molecule has 2 saturated carbocycles. The summed E-state index contributed by atoms with van der Waals surface area (Å²) in [5.74, 6) is 6.15. The van der Waals surface area contributed by atoms with Crippen molar-refractivity contribution in [1.29, 1.82) is 0 Å². The molecule has 6 rings (SSSR count). The van der Waals surface area contributed by atoms with Gasteiger partial charge in [0.1, 0.15) is 23.0 Å². The van der Waals surface area contributed by atoms with Gasteiger partial charge in [0, 0.05) is 16.8 Å². The van der Waals surface area contributed by atoms with Crippen LogP contribution in [0.3, 0.4) is 0 Å². The lowest BCUT2D eigenvalue weighted by molar-refractivity contribution is 0.142. The molecule has 4 heteroatoms. The maximum absolute atomic E-state index is 6.43. The fourth-order valence-corrected chi connectivity index (χ4v) is 8.50. The molecule has 46 heavy (non-hydrogen) atoms. The van der Waals surface area contributed by atoms with Crippen LogP contribution < -0.4 is 20.9 Å². The van der Waals surface area contributed by atoms with Crippen molar-refractivity contribution in [2.45, 2.75) is 97.8 Å². The summed E-state index contributed by atoms with van der Waals surface area (Å²) < 4.78 is 12.9. The number of aryl methyl sites for hydroxylation is 4. The summed E-state index contributed by atoms with van der Waals surface area (Å²) >= 11 is 0. The highest BCUT2D eigenvalue weighted by Crippen LogP contribution is 2.52. The third-order valence-corrected chi connectivity index (χ3v) is 11.2. The largest absolute Gasteiger partial charge is 0.457 e. The van der Waals surface area contributed by atoms with Crippen LogP contribution in [0, 0.1) is 45.4 Å². The molecule has 0 saturated heterocycles. The lowest BCUT2D eigenvalue weighted by Gasteiger charge is -2.45. The molecule has 2 aliphatic carbocycles. The Balaban J connectivity index is 1.34. The molecule has 242 valence electrons. The normalized spacial score (nSPS) is 19.9. The van der Waals surface area contributed by atoms with Gasteiger partial charge in [-0.05, 0) is 166 Å². The number of rotatable bonds is 8. The third kappa shape index (κ3) is 6.63. The predicted octanol–water partition coefficient (Wildman–Crippen LogP) is 11.4. The summed E-state index contributed by atoms with van der Waals surface area (Å²) in [7, 11) is 0. The highest BCUT2D eigenvalue weighted by Gasteiger charge is 2.41. The molecule has 2 aliphatic rings. The summed E-state index contributed by atoms with van der Waals surface area (Å²) in [6, 6.07) is 24.9. The number of nitrogen functional groups attached to an aromatic ring is 2. The second kappa shape index (κ2) is 13.4. The molecule has 0 amide bonds. The van der Waals surface area contributed by atoms with Gasteiger partial charge in [0.2, 0.25) is 0 Å². The predicted molar refractivity (Wildman–Crippen MR) is 192 cm³/mol. The molecule has 0 spiro atoms. The first-order valence-electron chi connectivity index (χ1n) is 17.5. The number of anilines is 2. The minimum absolute atomic E-state index is 0.0540. The fraction of sp³-hybridized carbons (Fsp3) is 0.429. The summed E-state index contributed by atoms with van der Waals surface area (Å²) in [5, 5.41) is 0. The van der Waals surface area contributed by atoms with E-state index in [4.69, 9.17) is 20.9 Å². The minimum Gasteiger partial charge on any atom is -0.457 e. The van der Waals surface area contributed by atoms with Crippen LogP contribution >= 0.6 is 0 Å². The minimum atomic E-state index is -0.0540. The number of nitrogens with two attached hydrogens (primary N) is 2. The molecule has 0 heterocycles. The van der Waals surface area contributed by atoms with Crippen LogP contribution in [0.2, 0.25) is 0 Å². The monoisotopic (exact) mass is 616 g/mol. The van der Waals surface area contributed by atoms with E-state index in [1.165, 1.54) is 91.2 Å². The van der Waals surface area contributed by atoms with Crippen LogP contribution in [0.4, 0.5) is 11.4 Å². The van der Waals surface area contributed by atoms with Crippen molar-refractivity contribution in [3.63, 3.8) is 0 Å². The lowest BCUT2D eigenvalue weighted by atomic mass is 9.59. The van der Waals surface area contributed by atoms with Gasteiger partial charge in [0.15, 0.2) is 0 Å². The van der Waals surface area contributed by atoms with Crippen LogP contribution in [0.15, 0.2) is 72.8 Å². The molecule has 0 radical (unpaired) electrons. The van der Waals surface area contributed by atoms with E-state index in [0.29, 0.717) is 0 Å². The van der Waals surface area contributed by atoms with E-state index in [0.717, 1.165) is 52.1 Å². The summed E-state index contributed by atoms with van der Waals surface area (Å²) in [5.41, 5.74) is 20.8. The molecule has 4 aromatic rings. The second-order valence-electron chi connectivity index (χ2n) is 14.3. The zero-order valence-electron chi connectivity index (χ0n) is 28.5. The van der Waals surface area contributed by atoms with Crippen molar-refractivity contribution < 1.29 is 9.47 Å². The Morgan fingerprint density at radius 2 is 0.935 bits per heavy atom. The fourth-order valence-electron chi connectivity index (χ4n) is 8.50. The molecule has 2 fully saturated rings. The highest BCUT2D eigenvalue weighted by molar-refractivity contribution is 5.55. The standard InChI is InChI=1S/C42H52N2O2/c1-6-31-7-9-32(10-8-31)33-19-21-42(22-20-33,34-23-27(2)40(28(3)24-34)45-38-15-11-36(43)12-16-38)35-25-29(4)41(30(5)26-35)46-39-17-13-37(44)14-18-39/h11-18,23-26,31-33H,6-10,19-22,43-44H2,1-5H3/t31-,32+. The van der Waals surface area contributed by atoms with Crippen molar-refractivity contribution in [3.8, 4) is 23.0 Å². The van der Waals surface area contributed by atoms with Gasteiger partial charge in [-0.15, -0.1) is 0 Å². The van der Waals surface area contributed by atoms with E-state index in [2.05, 4.69) is 58.9 Å². The molecule has 4 N–H and O–H groups in total. The third-order valence-electron chi connectivity index (χ3n) is 11.2. The van der Waals surface area contributed by atoms with Crippen LogP contribution in [0.1, 0.15) is 98.1 Å². The first-order chi connectivity index (χ1) is 22.1. The average Bonchev–Trinajstić information content (AvgIpc) is 3.06. The molecule has 4 aromatic carbocycles. The topological polar surface area (TPSA) is 70.5 Å². The Kier molecular flexibility index (Phi) is 9.36. The van der Waals surface area contributed by atoms with Crippen molar-refractivity contribution in [3.05, 3.63) is 106 Å². The maximum atomic E-state index is 6.43. The van der Waals surface area contributed by atoms with Gasteiger partial charge in [-0.2, -0.15) is 0 Å². The van der Waals surface area contributed by atoms with E-state index in [1.807, 2.05) is 48.5 Å². The maximum Gasteiger partial charge on any atom is 0.133 e. The number of hydrogen-bond acceptors (Lipinski definition) is 4. The van der Waals surface area contributed by atoms with Crippen molar-refractivity contribution in [1.82, 2.24) is 0 Å². The van der Waals surface area contributed by atoms with Gasteiger partial charge in [0.05, 0.1) is 0 Å². The zero-order chi connectivity index (χ0) is 32.4. The van der Waals surface area contributed by atoms with Crippen molar-refractivity contribution in [2.24, 2.45) is 17.8 Å². The van der Waals surface area contributed by atoms with Crippen LogP contribution in [0.5, 0.6) is 23.0 Å². The van der Waals surface area contributed by atoms with Crippen molar-refractivity contribution >= 4 is 11.4 Å². The first-order valence-corrected chi connectivity index (χ1v) is 17.5. The van der Waals surface area contributed by atoms with Crippen LogP contribution in [-0.2, 0) is 5.41 Å². The zero-order valence-corrected chi connectivity index (χ0v) is 28.5. The van der Waals surface area contributed by atoms with E-state index < -0.39 is 0 Å². The molecule has 4 nitrogen and oxygen atoms in total. The molecule has 0 atom stereocenters. The first kappa shape index (κ1) is 32.0. The summed E-state index contributed by atoms with van der Waals surface area (Å²) in [6.07, 6.45) is 11.9. The van der Waals surface area contributed by atoms with Gasteiger partial charge in [-0.25, -0.2) is 0 Å². The Labute approximate surface area is 276 Å². The van der Waals surface area contributed by atoms with E-state index >= 15 is 0 Å². The number of ether oxygens (including phenoxy) is 2. The molecule has 0 unspecified atom stereocenters. The summed E-state index contributed by atoms with van der Waals surface area (Å²) in [4.78, 5) is 0. The molecular weight excluding hydrogens is 564 g/mol. The number of benzene rings is 4. The van der Waals surface area contributed by atoms with E-state index in [-0.39, 0.29) is 5.41 Å². The van der Waals surface area contributed by atoms with E-state index in [9.17, 15) is 0 Å². The SMILES string of the molecule is CC[C@H]1CC[C@@H](C2CCC(c3cc(C)c(Oc4ccc(N)cc4)c(C)c3)(c3cc(C)c(Oc4ccc(N)cc4)c(C)c3)CC2)CC1. The van der Waals surface area contributed by atoms with E-state index in [1.54, 1.807) is 0 Å². The van der Waals surface area contributed by atoms with Crippen molar-refractivity contribution in [2.75, 3.05) is 11.5 Å². The van der Waals surface area contributed by atoms with Gasteiger partial charge in [0.25, 0.3) is 0 Å². The second-order valence-corrected chi connectivity index (χ2v) is 14.3. The van der Waals surface area contributed by atoms with Gasteiger partial charge >= 0.3 is 0 Å². The summed E-state index contributed by atoms with van der Waals surface area (Å²) in [6.45, 7) is 11.1. The lowest BCUT2D eigenvalue weighted by Crippen LogP contribution is -2.36. The van der Waals surface area contributed by atoms with Gasteiger partial charge < -0.3 is 20.9 Å². The number of hydrogen-bond donors (Lipinski definition) is 2.